The molecule has 1 amide bonds. The van der Waals surface area contributed by atoms with Gasteiger partial charge in [-0.05, 0) is 25.0 Å². The number of nitrogens with zero attached hydrogens (tertiary/aromatic N) is 1. The maximum absolute atomic E-state index is 11.7. The number of nitrogens with one attached hydrogen (secondary N) is 2. The molecule has 18 heavy (non-hydrogen) atoms. The highest BCUT2D eigenvalue weighted by Crippen LogP contribution is 2.10. The molecule has 3 N–H and O–H groups in total. The Morgan fingerprint density at radius 2 is 2.22 bits per heavy atom. The van der Waals surface area contributed by atoms with Crippen LogP contribution in [-0.4, -0.2) is 34.7 Å². The molecule has 2 unspecified atom stereocenters. The second kappa shape index (κ2) is 7.53. The number of halogens is 2. The number of β-amino-alcohol motifs (C(OH)–C–C–N with tert-alkyl or cyclic N) is 1. The molecule has 0 radical (unpaired) electrons. The number of rotatable bonds is 2. The van der Waals surface area contributed by atoms with Gasteiger partial charge in [-0.2, -0.15) is 0 Å². The normalized spacial score (nSPS) is 21.7. The highest BCUT2D eigenvalue weighted by Gasteiger charge is 2.28. The molecule has 102 valence electrons. The largest absolute Gasteiger partial charge is 0.392 e. The topological polar surface area (TPSA) is 74.2 Å². The van der Waals surface area contributed by atoms with Gasteiger partial charge in [-0.25, -0.2) is 4.98 Å². The number of aliphatic hydroxyl groups is 1. The van der Waals surface area contributed by atoms with Crippen LogP contribution in [0.15, 0.2) is 18.3 Å². The minimum absolute atomic E-state index is 0. The van der Waals surface area contributed by atoms with Crippen LogP contribution in [0.3, 0.4) is 0 Å². The number of aromatic nitrogens is 1. The Morgan fingerprint density at radius 3 is 2.72 bits per heavy atom. The second-order valence-corrected chi connectivity index (χ2v) is 4.06. The van der Waals surface area contributed by atoms with Crippen molar-refractivity contribution in [2.75, 3.05) is 11.9 Å². The molecule has 5 nitrogen and oxygen atoms in total. The summed E-state index contributed by atoms with van der Waals surface area (Å²) < 4.78 is 0. The Labute approximate surface area is 118 Å². The van der Waals surface area contributed by atoms with Gasteiger partial charge in [-0.1, -0.05) is 6.07 Å². The molecule has 1 aromatic heterocycles. The summed E-state index contributed by atoms with van der Waals surface area (Å²) in [5.74, 6) is 0.395. The summed E-state index contributed by atoms with van der Waals surface area (Å²) in [5, 5.41) is 14.9. The number of anilines is 1. The molecular formula is C11H17Cl2N3O2. The van der Waals surface area contributed by atoms with E-state index in [0.717, 1.165) is 5.56 Å². The Balaban J connectivity index is 0.00000144. The molecule has 2 heterocycles. The number of hydrogen-bond acceptors (Lipinski definition) is 4. The number of carbonyl (C=O) groups excluding carboxylic acids is 1. The van der Waals surface area contributed by atoms with E-state index in [9.17, 15) is 9.90 Å². The van der Waals surface area contributed by atoms with Gasteiger partial charge >= 0.3 is 0 Å². The van der Waals surface area contributed by atoms with Crippen LogP contribution in [0, 0.1) is 6.92 Å². The molecule has 0 bridgehead atoms. The highest BCUT2D eigenvalue weighted by atomic mass is 35.5. The van der Waals surface area contributed by atoms with Crippen molar-refractivity contribution < 1.29 is 9.90 Å². The molecule has 1 aliphatic heterocycles. The molecule has 7 heteroatoms. The molecule has 0 spiro atoms. The van der Waals surface area contributed by atoms with E-state index in [2.05, 4.69) is 15.6 Å². The molecule has 1 saturated heterocycles. The predicted molar refractivity (Wildman–Crippen MR) is 74.5 cm³/mol. The van der Waals surface area contributed by atoms with E-state index in [4.69, 9.17) is 0 Å². The first kappa shape index (κ1) is 17.1. The van der Waals surface area contributed by atoms with Gasteiger partial charge in [0.15, 0.2) is 0 Å². The third-order valence-electron chi connectivity index (χ3n) is 2.59. The number of pyridine rings is 1. The summed E-state index contributed by atoms with van der Waals surface area (Å²) in [6.45, 7) is 2.41. The number of carbonyl (C=O) groups is 1. The zero-order valence-electron chi connectivity index (χ0n) is 9.92. The van der Waals surface area contributed by atoms with Crippen LogP contribution in [0.1, 0.15) is 12.0 Å². The van der Waals surface area contributed by atoms with Gasteiger partial charge in [0, 0.05) is 12.7 Å². The molecule has 0 aromatic carbocycles. The molecule has 1 fully saturated rings. The first-order valence-electron chi connectivity index (χ1n) is 5.30. The fourth-order valence-corrected chi connectivity index (χ4v) is 1.67. The summed E-state index contributed by atoms with van der Waals surface area (Å²) in [7, 11) is 0. The maximum atomic E-state index is 11.7. The van der Waals surface area contributed by atoms with Crippen LogP contribution in [-0.2, 0) is 4.79 Å². The van der Waals surface area contributed by atoms with Gasteiger partial charge in [0.2, 0.25) is 5.91 Å². The summed E-state index contributed by atoms with van der Waals surface area (Å²) in [4.78, 5) is 15.8. The van der Waals surface area contributed by atoms with Crippen LogP contribution in [0.5, 0.6) is 0 Å². The summed E-state index contributed by atoms with van der Waals surface area (Å²) in [5.41, 5.74) is 1.05. The lowest BCUT2D eigenvalue weighted by molar-refractivity contribution is -0.118. The van der Waals surface area contributed by atoms with Gasteiger partial charge in [-0.15, -0.1) is 24.8 Å². The molecule has 0 aliphatic carbocycles. The Morgan fingerprint density at radius 1 is 1.50 bits per heavy atom. The van der Waals surface area contributed by atoms with Crippen molar-refractivity contribution in [1.82, 2.24) is 10.3 Å². The van der Waals surface area contributed by atoms with Crippen LogP contribution >= 0.6 is 24.8 Å². The van der Waals surface area contributed by atoms with Gasteiger partial charge in [0.1, 0.15) is 5.82 Å². The molecule has 1 aromatic rings. The zero-order valence-corrected chi connectivity index (χ0v) is 11.6. The number of hydrogen-bond donors (Lipinski definition) is 3. The first-order chi connectivity index (χ1) is 7.65. The summed E-state index contributed by atoms with van der Waals surface area (Å²) in [6.07, 6.45) is 1.73. The molecular weight excluding hydrogens is 277 g/mol. The Bertz CT molecular complexity index is 386. The molecule has 1 aliphatic rings. The number of aryl methyl sites for hydroxylation is 1. The average molecular weight is 294 g/mol. The summed E-state index contributed by atoms with van der Waals surface area (Å²) in [6, 6.07) is 3.33. The smallest absolute Gasteiger partial charge is 0.242 e. The molecule has 2 atom stereocenters. The van der Waals surface area contributed by atoms with Gasteiger partial charge in [0.05, 0.1) is 12.1 Å². The minimum atomic E-state index is -0.429. The van der Waals surface area contributed by atoms with Crippen molar-refractivity contribution in [1.29, 1.82) is 0 Å². The monoisotopic (exact) mass is 293 g/mol. The van der Waals surface area contributed by atoms with E-state index in [0.29, 0.717) is 18.8 Å². The van der Waals surface area contributed by atoms with Crippen molar-refractivity contribution in [3.05, 3.63) is 23.9 Å². The van der Waals surface area contributed by atoms with Crippen molar-refractivity contribution in [2.24, 2.45) is 0 Å². The van der Waals surface area contributed by atoms with Crippen molar-refractivity contribution in [3.63, 3.8) is 0 Å². The Kier molecular flexibility index (Phi) is 7.16. The average Bonchev–Trinajstić information content (AvgIpc) is 2.68. The third kappa shape index (κ3) is 4.42. The van der Waals surface area contributed by atoms with Crippen LogP contribution < -0.4 is 10.6 Å². The highest BCUT2D eigenvalue weighted by molar-refractivity contribution is 5.94. The molecule has 2 rings (SSSR count). The summed E-state index contributed by atoms with van der Waals surface area (Å²) >= 11 is 0. The standard InChI is InChI=1S/C11H15N3O2.2ClH/c1-7-2-3-10(13-5-7)14-11(16)9-4-8(15)6-12-9;;/h2-3,5,8-9,12,15H,4,6H2,1H3,(H,13,14,16);2*1H. The van der Waals surface area contributed by atoms with Crippen molar-refractivity contribution in [2.45, 2.75) is 25.5 Å². The lowest BCUT2D eigenvalue weighted by Gasteiger charge is -2.10. The fourth-order valence-electron chi connectivity index (χ4n) is 1.67. The zero-order chi connectivity index (χ0) is 11.5. The van der Waals surface area contributed by atoms with E-state index >= 15 is 0 Å². The van der Waals surface area contributed by atoms with Crippen molar-refractivity contribution >= 4 is 36.5 Å². The predicted octanol–water partition coefficient (Wildman–Crippen LogP) is 0.895. The number of aliphatic hydroxyl groups excluding tert-OH is 1. The van der Waals surface area contributed by atoms with Gasteiger partial charge in [-0.3, -0.25) is 4.79 Å². The van der Waals surface area contributed by atoms with Crippen molar-refractivity contribution in [3.8, 4) is 0 Å². The van der Waals surface area contributed by atoms with Crippen LogP contribution in [0.25, 0.3) is 0 Å². The fraction of sp³-hybridized carbons (Fsp3) is 0.455. The van der Waals surface area contributed by atoms with Gasteiger partial charge < -0.3 is 15.7 Å². The quantitative estimate of drug-likeness (QED) is 0.757. The van der Waals surface area contributed by atoms with Crippen LogP contribution in [0.4, 0.5) is 5.82 Å². The van der Waals surface area contributed by atoms with E-state index in [1.165, 1.54) is 0 Å². The minimum Gasteiger partial charge on any atom is -0.392 e. The second-order valence-electron chi connectivity index (χ2n) is 4.06. The van der Waals surface area contributed by atoms with E-state index in [-0.39, 0.29) is 36.8 Å². The first-order valence-corrected chi connectivity index (χ1v) is 5.30. The van der Waals surface area contributed by atoms with E-state index in [1.54, 1.807) is 12.3 Å². The Hall–Kier alpha value is -0.880. The van der Waals surface area contributed by atoms with E-state index in [1.807, 2.05) is 13.0 Å². The molecule has 0 saturated carbocycles. The lowest BCUT2D eigenvalue weighted by atomic mass is 10.2. The van der Waals surface area contributed by atoms with Gasteiger partial charge in [0.25, 0.3) is 0 Å². The third-order valence-corrected chi connectivity index (χ3v) is 2.59. The number of amides is 1. The maximum Gasteiger partial charge on any atom is 0.242 e. The lowest BCUT2D eigenvalue weighted by Crippen LogP contribution is -2.35. The van der Waals surface area contributed by atoms with Crippen LogP contribution in [0.2, 0.25) is 0 Å². The van der Waals surface area contributed by atoms with E-state index < -0.39 is 6.10 Å². The SMILES string of the molecule is Cc1ccc(NC(=O)C2CC(O)CN2)nc1.Cl.Cl.